The van der Waals surface area contributed by atoms with Gasteiger partial charge in [-0.05, 0) is 77.6 Å². The highest BCUT2D eigenvalue weighted by Crippen LogP contribution is 2.51. The standard InChI is InChI=1S/C34H35N4O/c1-23-17-30-31(18-24(23)2)37(22-36(30)20-25-13-14-26-9-5-6-10-27(26)19-25)21-32(39)38-16-15-34(3)28-11-7-8-12-29(28)35(4)33(34)38/h5-14,17-19,22,33H,15-16,20-21H2,1-4H3/q+1. The Bertz CT molecular complexity index is 1770. The zero-order chi connectivity index (χ0) is 26.9. The highest BCUT2D eigenvalue weighted by molar-refractivity contribution is 5.83. The molecular formula is C34H35N4O+. The van der Waals surface area contributed by atoms with Crippen LogP contribution >= 0.6 is 0 Å². The molecule has 0 bridgehead atoms. The molecule has 39 heavy (non-hydrogen) atoms. The number of carbonyl (C=O) groups excluding carboxylic acids is 1. The van der Waals surface area contributed by atoms with Crippen molar-refractivity contribution in [3.63, 3.8) is 0 Å². The molecule has 0 saturated carbocycles. The van der Waals surface area contributed by atoms with E-state index in [-0.39, 0.29) is 17.5 Å². The minimum Gasteiger partial charge on any atom is -0.353 e. The Morgan fingerprint density at radius 3 is 2.54 bits per heavy atom. The Hall–Kier alpha value is -4.12. The van der Waals surface area contributed by atoms with Crippen molar-refractivity contribution in [2.24, 2.45) is 0 Å². The number of benzene rings is 4. The smallest absolute Gasteiger partial charge is 0.266 e. The van der Waals surface area contributed by atoms with Crippen LogP contribution in [0.25, 0.3) is 21.8 Å². The predicted molar refractivity (Wildman–Crippen MR) is 157 cm³/mol. The lowest BCUT2D eigenvalue weighted by atomic mass is 9.81. The molecule has 5 aromatic rings. The van der Waals surface area contributed by atoms with Crippen molar-refractivity contribution in [1.82, 2.24) is 9.47 Å². The van der Waals surface area contributed by atoms with Gasteiger partial charge in [-0.2, -0.15) is 0 Å². The second-order valence-corrected chi connectivity index (χ2v) is 11.7. The Morgan fingerprint density at radius 2 is 1.69 bits per heavy atom. The fourth-order valence-electron chi connectivity index (χ4n) is 7.08. The summed E-state index contributed by atoms with van der Waals surface area (Å²) >= 11 is 0. The van der Waals surface area contributed by atoms with Gasteiger partial charge in [-0.3, -0.25) is 4.79 Å². The van der Waals surface area contributed by atoms with E-state index in [2.05, 4.69) is 132 Å². The average Bonchev–Trinajstić information content (AvgIpc) is 3.53. The van der Waals surface area contributed by atoms with Crippen molar-refractivity contribution in [2.45, 2.75) is 51.9 Å². The second kappa shape index (κ2) is 8.70. The van der Waals surface area contributed by atoms with Crippen LogP contribution in [0, 0.1) is 13.8 Å². The number of rotatable bonds is 4. The summed E-state index contributed by atoms with van der Waals surface area (Å²) in [6.07, 6.45) is 3.18. The van der Waals surface area contributed by atoms with Gasteiger partial charge in [0.05, 0.1) is 0 Å². The van der Waals surface area contributed by atoms with Crippen LogP contribution in [0.1, 0.15) is 35.6 Å². The van der Waals surface area contributed by atoms with Crippen LogP contribution in [-0.4, -0.2) is 35.1 Å². The van der Waals surface area contributed by atoms with Gasteiger partial charge in [0, 0.05) is 24.7 Å². The van der Waals surface area contributed by atoms with Gasteiger partial charge >= 0.3 is 0 Å². The van der Waals surface area contributed by atoms with Crippen molar-refractivity contribution in [3.05, 3.63) is 107 Å². The number of anilines is 1. The van der Waals surface area contributed by atoms with E-state index in [0.717, 1.165) is 30.5 Å². The van der Waals surface area contributed by atoms with Crippen molar-refractivity contribution < 1.29 is 9.36 Å². The Morgan fingerprint density at radius 1 is 0.949 bits per heavy atom. The third-order valence-electron chi connectivity index (χ3n) is 9.28. The van der Waals surface area contributed by atoms with E-state index in [9.17, 15) is 4.79 Å². The lowest BCUT2D eigenvalue weighted by molar-refractivity contribution is -0.663. The van der Waals surface area contributed by atoms with Crippen LogP contribution in [0.2, 0.25) is 0 Å². The number of amides is 1. The normalized spacial score (nSPS) is 20.2. The Balaban J connectivity index is 1.22. The van der Waals surface area contributed by atoms with Gasteiger partial charge in [0.1, 0.15) is 12.7 Å². The van der Waals surface area contributed by atoms with E-state index < -0.39 is 0 Å². The first kappa shape index (κ1) is 24.0. The van der Waals surface area contributed by atoms with Crippen LogP contribution < -0.4 is 9.47 Å². The molecule has 0 spiro atoms. The van der Waals surface area contributed by atoms with E-state index in [4.69, 9.17) is 0 Å². The fraction of sp³-hybridized carbons (Fsp3) is 0.294. The lowest BCUT2D eigenvalue weighted by Gasteiger charge is -2.34. The van der Waals surface area contributed by atoms with Crippen LogP contribution in [0.15, 0.2) is 85.2 Å². The fourth-order valence-corrected chi connectivity index (χ4v) is 7.08. The molecule has 2 aliphatic heterocycles. The number of carbonyl (C=O) groups is 1. The first-order valence-corrected chi connectivity index (χ1v) is 13.9. The number of aryl methyl sites for hydroxylation is 2. The summed E-state index contributed by atoms with van der Waals surface area (Å²) < 4.78 is 4.45. The van der Waals surface area contributed by atoms with Crippen LogP contribution in [0.5, 0.6) is 0 Å². The van der Waals surface area contributed by atoms with Gasteiger partial charge in [-0.1, -0.05) is 61.5 Å². The molecule has 0 radical (unpaired) electrons. The number of imidazole rings is 1. The molecule has 1 amide bonds. The van der Waals surface area contributed by atoms with Crippen LogP contribution in [-0.2, 0) is 23.3 Å². The molecule has 0 N–H and O–H groups in total. The summed E-state index contributed by atoms with van der Waals surface area (Å²) in [4.78, 5) is 18.4. The van der Waals surface area contributed by atoms with E-state index in [1.807, 2.05) is 0 Å². The molecule has 0 aliphatic carbocycles. The molecule has 1 saturated heterocycles. The minimum atomic E-state index is -0.0382. The molecule has 3 heterocycles. The molecule has 5 nitrogen and oxygen atoms in total. The van der Waals surface area contributed by atoms with Gasteiger partial charge in [0.15, 0.2) is 17.6 Å². The molecule has 2 aliphatic rings. The number of fused-ring (bicyclic) bond motifs is 5. The summed E-state index contributed by atoms with van der Waals surface area (Å²) in [5, 5.41) is 2.50. The maximum absolute atomic E-state index is 14.0. The number of para-hydroxylation sites is 1. The summed E-state index contributed by atoms with van der Waals surface area (Å²) in [6, 6.07) is 28.3. The molecule has 1 aromatic heterocycles. The molecular weight excluding hydrogens is 480 g/mol. The van der Waals surface area contributed by atoms with Crippen LogP contribution in [0.4, 0.5) is 5.69 Å². The molecule has 2 atom stereocenters. The molecule has 1 fully saturated rings. The largest absolute Gasteiger partial charge is 0.353 e. The SMILES string of the molecule is Cc1cc2c(cc1C)[n+](Cc1ccc3ccccc3c1)cn2CC(=O)N1CCC2(C)c3ccccc3N(C)C12. The number of nitrogens with zero attached hydrogens (tertiary/aromatic N) is 4. The van der Waals surface area contributed by atoms with E-state index in [1.54, 1.807) is 0 Å². The number of likely N-dealkylation sites (N-methyl/N-ethyl adjacent to an activating group) is 1. The monoisotopic (exact) mass is 515 g/mol. The van der Waals surface area contributed by atoms with Gasteiger partial charge in [-0.15, -0.1) is 0 Å². The molecule has 196 valence electrons. The van der Waals surface area contributed by atoms with E-state index in [1.165, 1.54) is 38.7 Å². The molecule has 2 unspecified atom stereocenters. The number of likely N-dealkylation sites (tertiary alicyclic amines) is 1. The predicted octanol–water partition coefficient (Wildman–Crippen LogP) is 5.71. The molecule has 5 heteroatoms. The lowest BCUT2D eigenvalue weighted by Crippen LogP contribution is -2.50. The van der Waals surface area contributed by atoms with Crippen molar-refractivity contribution >= 4 is 33.4 Å². The van der Waals surface area contributed by atoms with E-state index >= 15 is 0 Å². The maximum Gasteiger partial charge on any atom is 0.266 e. The quantitative estimate of drug-likeness (QED) is 0.287. The zero-order valence-electron chi connectivity index (χ0n) is 23.2. The number of hydrogen-bond donors (Lipinski definition) is 0. The third-order valence-corrected chi connectivity index (χ3v) is 9.28. The second-order valence-electron chi connectivity index (χ2n) is 11.7. The molecule has 7 rings (SSSR count). The Labute approximate surface area is 229 Å². The van der Waals surface area contributed by atoms with Crippen molar-refractivity contribution in [3.8, 4) is 0 Å². The maximum atomic E-state index is 14.0. The Kier molecular flexibility index (Phi) is 5.35. The van der Waals surface area contributed by atoms with Crippen LogP contribution in [0.3, 0.4) is 0 Å². The van der Waals surface area contributed by atoms with Crippen molar-refractivity contribution in [2.75, 3.05) is 18.5 Å². The first-order chi connectivity index (χ1) is 18.8. The van der Waals surface area contributed by atoms with Gasteiger partial charge in [0.2, 0.25) is 6.33 Å². The first-order valence-electron chi connectivity index (χ1n) is 13.9. The summed E-state index contributed by atoms with van der Waals surface area (Å²) in [5.41, 5.74) is 8.60. The van der Waals surface area contributed by atoms with Crippen molar-refractivity contribution in [1.29, 1.82) is 0 Å². The van der Waals surface area contributed by atoms with Gasteiger partial charge in [0.25, 0.3) is 5.91 Å². The highest BCUT2D eigenvalue weighted by atomic mass is 16.2. The van der Waals surface area contributed by atoms with Gasteiger partial charge in [-0.25, -0.2) is 9.13 Å². The number of hydrogen-bond acceptors (Lipinski definition) is 2. The zero-order valence-corrected chi connectivity index (χ0v) is 23.2. The summed E-state index contributed by atoms with van der Waals surface area (Å²) in [7, 11) is 2.13. The summed E-state index contributed by atoms with van der Waals surface area (Å²) in [6.45, 7) is 8.51. The topological polar surface area (TPSA) is 32.4 Å². The summed E-state index contributed by atoms with van der Waals surface area (Å²) in [5.74, 6) is 0.177. The number of aromatic nitrogens is 2. The average molecular weight is 516 g/mol. The minimum absolute atomic E-state index is 0.0382. The van der Waals surface area contributed by atoms with Gasteiger partial charge < -0.3 is 9.80 Å². The molecule has 4 aromatic carbocycles. The third kappa shape index (κ3) is 3.67. The van der Waals surface area contributed by atoms with E-state index in [0.29, 0.717) is 6.54 Å². The highest BCUT2D eigenvalue weighted by Gasteiger charge is 2.54.